The fraction of sp³-hybridized carbons (Fsp3) is 0.462. The van der Waals surface area contributed by atoms with Crippen LogP contribution in [0.15, 0.2) is 22.6 Å². The van der Waals surface area contributed by atoms with E-state index in [0.29, 0.717) is 18.4 Å². The highest BCUT2D eigenvalue weighted by atomic mass is 16.5. The van der Waals surface area contributed by atoms with Gasteiger partial charge in [-0.15, -0.1) is 0 Å². The van der Waals surface area contributed by atoms with Crippen molar-refractivity contribution in [2.45, 2.75) is 26.9 Å². The molecule has 86 valence electrons. The maximum Gasteiger partial charge on any atom is 0.221 e. The predicted octanol–water partition coefficient (Wildman–Crippen LogP) is 3.17. The molecule has 0 unspecified atom stereocenters. The minimum Gasteiger partial charge on any atom is -0.438 e. The van der Waals surface area contributed by atoms with Gasteiger partial charge in [-0.1, -0.05) is 26.0 Å². The van der Waals surface area contributed by atoms with E-state index in [4.69, 9.17) is 9.15 Å². The Morgan fingerprint density at radius 2 is 2.19 bits per heavy atom. The number of benzene rings is 1. The predicted molar refractivity (Wildman–Crippen MR) is 63.3 cm³/mol. The first kappa shape index (κ1) is 11.1. The molecule has 16 heavy (non-hydrogen) atoms. The van der Waals surface area contributed by atoms with Crippen LogP contribution in [0.1, 0.15) is 25.3 Å². The monoisotopic (exact) mass is 219 g/mol. The summed E-state index contributed by atoms with van der Waals surface area (Å²) in [6.45, 7) is 4.83. The lowest BCUT2D eigenvalue weighted by Crippen LogP contribution is -1.93. The lowest BCUT2D eigenvalue weighted by molar-refractivity contribution is 0.161. The molecule has 0 aliphatic carbocycles. The van der Waals surface area contributed by atoms with Gasteiger partial charge in [-0.3, -0.25) is 0 Å². The average molecular weight is 219 g/mol. The van der Waals surface area contributed by atoms with Gasteiger partial charge in [0.1, 0.15) is 12.1 Å². The van der Waals surface area contributed by atoms with Crippen molar-refractivity contribution < 1.29 is 9.15 Å². The number of oxazole rings is 1. The van der Waals surface area contributed by atoms with Crippen LogP contribution >= 0.6 is 0 Å². The van der Waals surface area contributed by atoms with Crippen molar-refractivity contribution >= 4 is 11.1 Å². The molecule has 1 aromatic carbocycles. The van der Waals surface area contributed by atoms with E-state index in [2.05, 4.69) is 24.9 Å². The van der Waals surface area contributed by atoms with Crippen LogP contribution in [0.5, 0.6) is 0 Å². The van der Waals surface area contributed by atoms with Gasteiger partial charge in [-0.2, -0.15) is 0 Å². The number of methoxy groups -OCH3 is 1. The highest BCUT2D eigenvalue weighted by molar-refractivity contribution is 5.76. The molecule has 0 radical (unpaired) electrons. The summed E-state index contributed by atoms with van der Waals surface area (Å²) in [5.41, 5.74) is 3.05. The standard InChI is InChI=1S/C13H17NO2/c1-9(2)7-10-5-4-6-11-13(10)16-12(14-11)8-15-3/h4-6,9H,7-8H2,1-3H3. The molecule has 0 atom stereocenters. The summed E-state index contributed by atoms with van der Waals surface area (Å²) in [5, 5.41) is 0. The topological polar surface area (TPSA) is 35.3 Å². The lowest BCUT2D eigenvalue weighted by atomic mass is 10.0. The molecule has 0 aliphatic rings. The highest BCUT2D eigenvalue weighted by Gasteiger charge is 2.10. The minimum atomic E-state index is 0.426. The van der Waals surface area contributed by atoms with E-state index in [9.17, 15) is 0 Å². The first-order valence-electron chi connectivity index (χ1n) is 5.57. The molecule has 0 saturated carbocycles. The number of aromatic nitrogens is 1. The van der Waals surface area contributed by atoms with Crippen LogP contribution in [0.3, 0.4) is 0 Å². The number of hydrogen-bond donors (Lipinski definition) is 0. The van der Waals surface area contributed by atoms with Crippen molar-refractivity contribution in [3.05, 3.63) is 29.7 Å². The second-order valence-electron chi connectivity index (χ2n) is 4.40. The number of fused-ring (bicyclic) bond motifs is 1. The Kier molecular flexibility index (Phi) is 3.25. The Hall–Kier alpha value is -1.35. The van der Waals surface area contributed by atoms with Gasteiger partial charge >= 0.3 is 0 Å². The van der Waals surface area contributed by atoms with Crippen molar-refractivity contribution in [3.63, 3.8) is 0 Å². The molecule has 2 rings (SSSR count). The molecular weight excluding hydrogens is 202 g/mol. The van der Waals surface area contributed by atoms with Crippen LogP contribution in [0.2, 0.25) is 0 Å². The van der Waals surface area contributed by atoms with Crippen LogP contribution in [0.25, 0.3) is 11.1 Å². The van der Waals surface area contributed by atoms with Crippen LogP contribution in [0.4, 0.5) is 0 Å². The summed E-state index contributed by atoms with van der Waals surface area (Å²) < 4.78 is 10.7. The van der Waals surface area contributed by atoms with Gasteiger partial charge in [-0.25, -0.2) is 4.98 Å². The molecule has 0 amide bonds. The molecular formula is C13H17NO2. The third kappa shape index (κ3) is 2.25. The van der Waals surface area contributed by atoms with E-state index >= 15 is 0 Å². The summed E-state index contributed by atoms with van der Waals surface area (Å²) in [5.74, 6) is 1.26. The van der Waals surface area contributed by atoms with Crippen LogP contribution in [0, 0.1) is 5.92 Å². The molecule has 0 saturated heterocycles. The number of hydrogen-bond acceptors (Lipinski definition) is 3. The Labute approximate surface area is 95.4 Å². The average Bonchev–Trinajstić information content (AvgIpc) is 2.61. The fourth-order valence-corrected chi connectivity index (χ4v) is 1.84. The maximum absolute atomic E-state index is 5.70. The molecule has 2 aromatic rings. The highest BCUT2D eigenvalue weighted by Crippen LogP contribution is 2.22. The number of ether oxygens (including phenoxy) is 1. The first-order chi connectivity index (χ1) is 7.70. The fourth-order valence-electron chi connectivity index (χ4n) is 1.84. The van der Waals surface area contributed by atoms with E-state index in [-0.39, 0.29) is 0 Å². The van der Waals surface area contributed by atoms with Crippen molar-refractivity contribution in [3.8, 4) is 0 Å². The van der Waals surface area contributed by atoms with Crippen LogP contribution in [-0.2, 0) is 17.8 Å². The zero-order valence-electron chi connectivity index (χ0n) is 9.99. The van der Waals surface area contributed by atoms with Gasteiger partial charge in [0.05, 0.1) is 0 Å². The van der Waals surface area contributed by atoms with Gasteiger partial charge in [0, 0.05) is 7.11 Å². The molecule has 0 N–H and O–H groups in total. The molecule has 0 spiro atoms. The zero-order valence-corrected chi connectivity index (χ0v) is 9.99. The van der Waals surface area contributed by atoms with Gasteiger partial charge in [0.25, 0.3) is 0 Å². The first-order valence-corrected chi connectivity index (χ1v) is 5.57. The lowest BCUT2D eigenvalue weighted by Gasteiger charge is -2.04. The molecule has 0 aliphatic heterocycles. The number of nitrogens with zero attached hydrogens (tertiary/aromatic N) is 1. The van der Waals surface area contributed by atoms with E-state index in [1.165, 1.54) is 5.56 Å². The number of rotatable bonds is 4. The second-order valence-corrected chi connectivity index (χ2v) is 4.40. The molecule has 3 nitrogen and oxygen atoms in total. The van der Waals surface area contributed by atoms with E-state index < -0.39 is 0 Å². The van der Waals surface area contributed by atoms with Gasteiger partial charge in [0.15, 0.2) is 5.58 Å². The van der Waals surface area contributed by atoms with Gasteiger partial charge in [0.2, 0.25) is 5.89 Å². The van der Waals surface area contributed by atoms with Gasteiger partial charge in [-0.05, 0) is 24.0 Å². The van der Waals surface area contributed by atoms with Gasteiger partial charge < -0.3 is 9.15 Å². The van der Waals surface area contributed by atoms with E-state index in [1.54, 1.807) is 7.11 Å². The molecule has 1 heterocycles. The molecule has 1 aromatic heterocycles. The van der Waals surface area contributed by atoms with Crippen molar-refractivity contribution in [1.82, 2.24) is 4.98 Å². The van der Waals surface area contributed by atoms with Crippen LogP contribution < -0.4 is 0 Å². The molecule has 3 heteroatoms. The minimum absolute atomic E-state index is 0.426. The van der Waals surface area contributed by atoms with E-state index in [0.717, 1.165) is 17.5 Å². The summed E-state index contributed by atoms with van der Waals surface area (Å²) in [7, 11) is 1.64. The SMILES string of the molecule is COCc1nc2cccc(CC(C)C)c2o1. The van der Waals surface area contributed by atoms with E-state index in [1.807, 2.05) is 12.1 Å². The maximum atomic E-state index is 5.70. The van der Waals surface area contributed by atoms with Crippen molar-refractivity contribution in [1.29, 1.82) is 0 Å². The Balaban J connectivity index is 2.41. The zero-order chi connectivity index (χ0) is 11.5. The Bertz CT molecular complexity index is 474. The third-order valence-corrected chi connectivity index (χ3v) is 2.44. The summed E-state index contributed by atoms with van der Waals surface area (Å²) in [4.78, 5) is 4.38. The molecule has 0 bridgehead atoms. The summed E-state index contributed by atoms with van der Waals surface area (Å²) >= 11 is 0. The number of para-hydroxylation sites is 1. The quantitative estimate of drug-likeness (QED) is 0.792. The largest absolute Gasteiger partial charge is 0.438 e. The molecule has 0 fully saturated rings. The third-order valence-electron chi connectivity index (χ3n) is 2.44. The van der Waals surface area contributed by atoms with Crippen molar-refractivity contribution in [2.24, 2.45) is 5.92 Å². The van der Waals surface area contributed by atoms with Crippen LogP contribution in [-0.4, -0.2) is 12.1 Å². The summed E-state index contributed by atoms with van der Waals surface area (Å²) in [6.07, 6.45) is 1.01. The second kappa shape index (κ2) is 4.66. The Morgan fingerprint density at radius 3 is 2.88 bits per heavy atom. The summed E-state index contributed by atoms with van der Waals surface area (Å²) in [6, 6.07) is 6.10. The normalized spacial score (nSPS) is 11.5. The Morgan fingerprint density at radius 1 is 1.38 bits per heavy atom. The van der Waals surface area contributed by atoms with Crippen molar-refractivity contribution in [2.75, 3.05) is 7.11 Å². The smallest absolute Gasteiger partial charge is 0.221 e.